The van der Waals surface area contributed by atoms with Gasteiger partial charge in [-0.2, -0.15) is 0 Å². The van der Waals surface area contributed by atoms with Gasteiger partial charge in [-0.15, -0.1) is 6.58 Å². The van der Waals surface area contributed by atoms with Crippen molar-refractivity contribution in [2.24, 2.45) is 0 Å². The molecule has 0 atom stereocenters. The predicted octanol–water partition coefficient (Wildman–Crippen LogP) is 0.630. The van der Waals surface area contributed by atoms with Gasteiger partial charge in [0.2, 0.25) is 5.91 Å². The van der Waals surface area contributed by atoms with Crippen LogP contribution in [0.1, 0.15) is 10.4 Å². The highest BCUT2D eigenvalue weighted by atomic mass is 32.2. The molecule has 0 aliphatic rings. The molecule has 1 aromatic rings. The first-order valence-corrected chi connectivity index (χ1v) is 7.25. The van der Waals surface area contributed by atoms with Crippen LogP contribution in [-0.4, -0.2) is 42.0 Å². The Hall–Kier alpha value is -2.35. The molecule has 1 amide bonds. The van der Waals surface area contributed by atoms with E-state index >= 15 is 0 Å². The third-order valence-corrected chi connectivity index (χ3v) is 3.68. The van der Waals surface area contributed by atoms with E-state index in [2.05, 4.69) is 11.9 Å². The predicted molar refractivity (Wildman–Crippen MR) is 72.5 cm³/mol. The zero-order chi connectivity index (χ0) is 15.3. The quantitative estimate of drug-likeness (QED) is 0.523. The zero-order valence-electron chi connectivity index (χ0n) is 10.4. The molecule has 3 N–H and O–H groups in total. The SMILES string of the molecule is C=CCS(=O)(=O)CC(=O)Nc1ccc(O)c(C(=O)O)c1. The van der Waals surface area contributed by atoms with Crippen LogP contribution in [0.3, 0.4) is 0 Å². The first-order chi connectivity index (χ1) is 9.25. The second-order valence-corrected chi connectivity index (χ2v) is 6.04. The van der Waals surface area contributed by atoms with Gasteiger partial charge in [0.1, 0.15) is 17.1 Å². The average molecular weight is 299 g/mol. The van der Waals surface area contributed by atoms with Gasteiger partial charge in [-0.25, -0.2) is 13.2 Å². The number of rotatable bonds is 6. The number of carboxylic acids is 1. The summed E-state index contributed by atoms with van der Waals surface area (Å²) in [5.41, 5.74) is -0.309. The number of carbonyl (C=O) groups is 2. The Labute approximate surface area is 115 Å². The van der Waals surface area contributed by atoms with E-state index in [4.69, 9.17) is 5.11 Å². The van der Waals surface area contributed by atoms with Gasteiger partial charge in [-0.1, -0.05) is 6.08 Å². The summed E-state index contributed by atoms with van der Waals surface area (Å²) < 4.78 is 22.8. The van der Waals surface area contributed by atoms with E-state index in [0.29, 0.717) is 0 Å². The molecule has 20 heavy (non-hydrogen) atoms. The number of nitrogens with one attached hydrogen (secondary N) is 1. The van der Waals surface area contributed by atoms with E-state index in [-0.39, 0.29) is 11.4 Å². The second kappa shape index (κ2) is 6.20. The smallest absolute Gasteiger partial charge is 0.339 e. The number of benzene rings is 1. The first-order valence-electron chi connectivity index (χ1n) is 5.42. The Morgan fingerprint density at radius 3 is 2.55 bits per heavy atom. The van der Waals surface area contributed by atoms with E-state index in [0.717, 1.165) is 12.1 Å². The number of amides is 1. The molecule has 0 heterocycles. The van der Waals surface area contributed by atoms with Crippen molar-refractivity contribution in [3.05, 3.63) is 36.4 Å². The Kier molecular flexibility index (Phi) is 4.87. The van der Waals surface area contributed by atoms with Crippen LogP contribution in [0.5, 0.6) is 5.75 Å². The van der Waals surface area contributed by atoms with Crippen molar-refractivity contribution in [1.29, 1.82) is 0 Å². The molecule has 0 spiro atoms. The largest absolute Gasteiger partial charge is 0.507 e. The molecular weight excluding hydrogens is 286 g/mol. The summed E-state index contributed by atoms with van der Waals surface area (Å²) in [7, 11) is -3.58. The standard InChI is InChI=1S/C12H13NO6S/c1-2-5-20(18,19)7-11(15)13-8-3-4-10(14)9(6-8)12(16)17/h2-4,6,14H,1,5,7H2,(H,13,15)(H,16,17). The number of aromatic hydroxyl groups is 1. The zero-order valence-corrected chi connectivity index (χ0v) is 11.2. The number of aromatic carboxylic acids is 1. The summed E-state index contributed by atoms with van der Waals surface area (Å²) in [6.45, 7) is 3.27. The number of anilines is 1. The minimum Gasteiger partial charge on any atom is -0.507 e. The van der Waals surface area contributed by atoms with Gasteiger partial charge >= 0.3 is 5.97 Å². The second-order valence-electron chi connectivity index (χ2n) is 3.93. The van der Waals surface area contributed by atoms with Crippen LogP contribution in [0.15, 0.2) is 30.9 Å². The molecule has 0 bridgehead atoms. The van der Waals surface area contributed by atoms with Crippen molar-refractivity contribution < 1.29 is 28.2 Å². The number of hydrogen-bond donors (Lipinski definition) is 3. The maximum Gasteiger partial charge on any atom is 0.339 e. The number of phenols is 1. The molecule has 8 heteroatoms. The lowest BCUT2D eigenvalue weighted by atomic mass is 10.2. The van der Waals surface area contributed by atoms with E-state index < -0.39 is 38.8 Å². The van der Waals surface area contributed by atoms with Crippen molar-refractivity contribution in [2.45, 2.75) is 0 Å². The third-order valence-electron chi connectivity index (χ3n) is 2.23. The minimum atomic E-state index is -3.58. The summed E-state index contributed by atoms with van der Waals surface area (Å²) >= 11 is 0. The molecule has 0 aliphatic heterocycles. The highest BCUT2D eigenvalue weighted by molar-refractivity contribution is 7.92. The molecule has 1 aromatic carbocycles. The number of hydrogen-bond acceptors (Lipinski definition) is 5. The molecule has 0 aliphatic carbocycles. The van der Waals surface area contributed by atoms with Gasteiger partial charge in [-0.3, -0.25) is 4.79 Å². The lowest BCUT2D eigenvalue weighted by molar-refractivity contribution is -0.113. The van der Waals surface area contributed by atoms with Crippen LogP contribution in [0.25, 0.3) is 0 Å². The van der Waals surface area contributed by atoms with Crippen LogP contribution < -0.4 is 5.32 Å². The lowest BCUT2D eigenvalue weighted by Crippen LogP contribution is -2.24. The molecule has 7 nitrogen and oxygen atoms in total. The fourth-order valence-electron chi connectivity index (χ4n) is 1.42. The normalized spacial score (nSPS) is 10.8. The van der Waals surface area contributed by atoms with Crippen LogP contribution in [0.2, 0.25) is 0 Å². The summed E-state index contributed by atoms with van der Waals surface area (Å²) in [4.78, 5) is 22.3. The van der Waals surface area contributed by atoms with E-state index in [1.807, 2.05) is 0 Å². The van der Waals surface area contributed by atoms with Crippen LogP contribution in [0, 0.1) is 0 Å². The summed E-state index contributed by atoms with van der Waals surface area (Å²) in [6.07, 6.45) is 1.17. The van der Waals surface area contributed by atoms with Gasteiger partial charge < -0.3 is 15.5 Å². The van der Waals surface area contributed by atoms with Crippen molar-refractivity contribution in [3.63, 3.8) is 0 Å². The molecule has 0 radical (unpaired) electrons. The van der Waals surface area contributed by atoms with Crippen molar-refractivity contribution >= 4 is 27.4 Å². The van der Waals surface area contributed by atoms with Crippen molar-refractivity contribution in [1.82, 2.24) is 0 Å². The van der Waals surface area contributed by atoms with Crippen molar-refractivity contribution in [3.8, 4) is 5.75 Å². The van der Waals surface area contributed by atoms with E-state index in [1.54, 1.807) is 0 Å². The van der Waals surface area contributed by atoms with Crippen LogP contribution in [-0.2, 0) is 14.6 Å². The van der Waals surface area contributed by atoms with Gasteiger partial charge in [0.25, 0.3) is 0 Å². The Balaban J connectivity index is 2.84. The molecule has 0 saturated heterocycles. The molecular formula is C12H13NO6S. The summed E-state index contributed by atoms with van der Waals surface area (Å²) in [6, 6.07) is 3.40. The molecule has 108 valence electrons. The first kappa shape index (κ1) is 15.7. The Morgan fingerprint density at radius 1 is 1.35 bits per heavy atom. The monoisotopic (exact) mass is 299 g/mol. The topological polar surface area (TPSA) is 121 Å². The van der Waals surface area contributed by atoms with Crippen LogP contribution >= 0.6 is 0 Å². The number of sulfone groups is 1. The van der Waals surface area contributed by atoms with Crippen molar-refractivity contribution in [2.75, 3.05) is 16.8 Å². The van der Waals surface area contributed by atoms with Gasteiger partial charge in [0.05, 0.1) is 5.75 Å². The lowest BCUT2D eigenvalue weighted by Gasteiger charge is -2.07. The fraction of sp³-hybridized carbons (Fsp3) is 0.167. The van der Waals surface area contributed by atoms with Gasteiger partial charge in [0.15, 0.2) is 9.84 Å². The number of carboxylic acid groups (broad SMARTS) is 1. The molecule has 1 rings (SSSR count). The summed E-state index contributed by atoms with van der Waals surface area (Å²) in [5, 5.41) is 20.3. The summed E-state index contributed by atoms with van der Waals surface area (Å²) in [5.74, 6) is -3.67. The highest BCUT2D eigenvalue weighted by Gasteiger charge is 2.16. The van der Waals surface area contributed by atoms with Gasteiger partial charge in [-0.05, 0) is 18.2 Å². The maximum atomic E-state index is 11.5. The molecule has 0 saturated carbocycles. The maximum absolute atomic E-state index is 11.5. The average Bonchev–Trinajstić information content (AvgIpc) is 2.30. The Morgan fingerprint density at radius 2 is 2.00 bits per heavy atom. The Bertz CT molecular complexity index is 650. The third kappa shape index (κ3) is 4.39. The molecule has 0 fully saturated rings. The fourth-order valence-corrected chi connectivity index (χ4v) is 2.37. The van der Waals surface area contributed by atoms with E-state index in [9.17, 15) is 23.1 Å². The molecule has 0 aromatic heterocycles. The van der Waals surface area contributed by atoms with E-state index in [1.165, 1.54) is 12.1 Å². The molecule has 0 unspecified atom stereocenters. The minimum absolute atomic E-state index is 0.0824. The number of carbonyl (C=O) groups excluding carboxylic acids is 1. The van der Waals surface area contributed by atoms with Crippen LogP contribution in [0.4, 0.5) is 5.69 Å². The highest BCUT2D eigenvalue weighted by Crippen LogP contribution is 2.21. The van der Waals surface area contributed by atoms with Gasteiger partial charge in [0, 0.05) is 5.69 Å².